The maximum atomic E-state index is 3.42. The minimum Gasteiger partial charge on any atom is -0.266 e. The van der Waals surface area contributed by atoms with Gasteiger partial charge in [0.1, 0.15) is 0 Å². The minimum atomic E-state index is 1.23. The van der Waals surface area contributed by atoms with Crippen molar-refractivity contribution in [1.29, 1.82) is 0 Å². The second-order valence-electron chi connectivity index (χ2n) is 4.48. The second kappa shape index (κ2) is 11.1. The topological polar surface area (TPSA) is 83.1 Å². The Morgan fingerprint density at radius 2 is 1.00 bits per heavy atom. The summed E-state index contributed by atoms with van der Waals surface area (Å²) in [5.74, 6) is 0. The summed E-state index contributed by atoms with van der Waals surface area (Å²) in [7, 11) is 0. The maximum absolute atomic E-state index is 3.42. The highest BCUT2D eigenvalue weighted by atomic mass is 15.3. The number of aromatic nitrogens is 6. The van der Waals surface area contributed by atoms with Crippen LogP contribution in [0, 0.1) is 0 Å². The molecule has 6 nitrogen and oxygen atoms in total. The smallest absolute Gasteiger partial charge is 0.0690 e. The maximum Gasteiger partial charge on any atom is 0.0690 e. The van der Waals surface area contributed by atoms with Gasteiger partial charge in [0.05, 0.1) is 12.4 Å². The predicted octanol–water partition coefficient (Wildman–Crippen LogP) is 3.47. The summed E-state index contributed by atoms with van der Waals surface area (Å²) in [5, 5.41) is 18.5. The first kappa shape index (κ1) is 16.8. The van der Waals surface area contributed by atoms with Gasteiger partial charge in [0.25, 0.3) is 0 Å². The number of hydrogen-bond donors (Lipinski definition) is 2. The Labute approximate surface area is 140 Å². The van der Waals surface area contributed by atoms with Crippen LogP contribution in [0.2, 0.25) is 0 Å². The molecule has 0 amide bonds. The Bertz CT molecular complexity index is 648. The monoisotopic (exact) mass is 318 g/mol. The van der Waals surface area contributed by atoms with Gasteiger partial charge >= 0.3 is 0 Å². The van der Waals surface area contributed by atoms with Crippen molar-refractivity contribution in [3.05, 3.63) is 96.6 Å². The molecule has 6 heteroatoms. The SMILES string of the molecule is C(=Cc1ccccc1)c1ccccc1.c1c[nH]nn1.c1c[nH]nn1. The molecular weight excluding hydrogens is 300 g/mol. The Balaban J connectivity index is 0.000000169. The summed E-state index contributed by atoms with van der Waals surface area (Å²) in [6.07, 6.45) is 10.7. The van der Waals surface area contributed by atoms with Crippen LogP contribution in [-0.2, 0) is 0 Å². The number of aromatic amines is 2. The van der Waals surface area contributed by atoms with Crippen molar-refractivity contribution in [3.63, 3.8) is 0 Å². The highest BCUT2D eigenvalue weighted by Crippen LogP contribution is 2.06. The molecule has 24 heavy (non-hydrogen) atoms. The van der Waals surface area contributed by atoms with Gasteiger partial charge in [-0.1, -0.05) is 83.2 Å². The number of hydrogen-bond acceptors (Lipinski definition) is 4. The Morgan fingerprint density at radius 3 is 1.25 bits per heavy atom. The van der Waals surface area contributed by atoms with Crippen molar-refractivity contribution in [2.75, 3.05) is 0 Å². The van der Waals surface area contributed by atoms with Crippen LogP contribution in [-0.4, -0.2) is 30.8 Å². The van der Waals surface area contributed by atoms with Crippen LogP contribution in [0.4, 0.5) is 0 Å². The van der Waals surface area contributed by atoms with Gasteiger partial charge in [-0.3, -0.25) is 10.2 Å². The Kier molecular flexibility index (Phi) is 7.77. The quantitative estimate of drug-likeness (QED) is 0.554. The van der Waals surface area contributed by atoms with E-state index in [0.717, 1.165) is 0 Å². The normalized spacial score (nSPS) is 9.50. The van der Waals surface area contributed by atoms with Crippen LogP contribution in [0.1, 0.15) is 11.1 Å². The molecule has 0 bridgehead atoms. The van der Waals surface area contributed by atoms with E-state index in [9.17, 15) is 0 Å². The second-order valence-corrected chi connectivity index (χ2v) is 4.48. The molecule has 0 spiro atoms. The zero-order valence-electron chi connectivity index (χ0n) is 13.0. The Hall–Kier alpha value is -3.54. The molecule has 0 saturated carbocycles. The molecule has 120 valence electrons. The van der Waals surface area contributed by atoms with Crippen LogP contribution in [0.25, 0.3) is 12.2 Å². The largest absolute Gasteiger partial charge is 0.266 e. The van der Waals surface area contributed by atoms with Crippen LogP contribution >= 0.6 is 0 Å². The lowest BCUT2D eigenvalue weighted by atomic mass is 10.1. The van der Waals surface area contributed by atoms with E-state index in [0.29, 0.717) is 0 Å². The summed E-state index contributed by atoms with van der Waals surface area (Å²) >= 11 is 0. The van der Waals surface area contributed by atoms with E-state index in [1.807, 2.05) is 36.4 Å². The lowest BCUT2D eigenvalue weighted by molar-refractivity contribution is 0.940. The van der Waals surface area contributed by atoms with E-state index >= 15 is 0 Å². The van der Waals surface area contributed by atoms with Gasteiger partial charge in [-0.25, -0.2) is 0 Å². The molecule has 2 heterocycles. The van der Waals surface area contributed by atoms with E-state index in [1.165, 1.54) is 11.1 Å². The standard InChI is InChI=1S/C14H12.2C2H3N3/c1-3-7-13(8-4-1)11-12-14-9-5-2-6-10-14;2*1-2-4-5-3-1/h1-12H;2*1-2H,(H,3,4,5). The van der Waals surface area contributed by atoms with Gasteiger partial charge in [0.2, 0.25) is 0 Å². The van der Waals surface area contributed by atoms with Gasteiger partial charge in [0, 0.05) is 12.4 Å². The van der Waals surface area contributed by atoms with Crippen molar-refractivity contribution in [2.24, 2.45) is 0 Å². The lowest BCUT2D eigenvalue weighted by Crippen LogP contribution is -1.70. The van der Waals surface area contributed by atoms with E-state index in [1.54, 1.807) is 24.8 Å². The van der Waals surface area contributed by atoms with Crippen LogP contribution in [0.15, 0.2) is 85.5 Å². The van der Waals surface area contributed by atoms with Crippen molar-refractivity contribution >= 4 is 12.2 Å². The summed E-state index contributed by atoms with van der Waals surface area (Å²) in [6, 6.07) is 20.6. The average Bonchev–Trinajstić information content (AvgIpc) is 3.40. The molecule has 2 N–H and O–H groups in total. The first-order valence-electron chi connectivity index (χ1n) is 7.34. The van der Waals surface area contributed by atoms with Gasteiger partial charge in [-0.2, -0.15) is 0 Å². The zero-order valence-corrected chi connectivity index (χ0v) is 13.0. The number of rotatable bonds is 2. The molecule has 0 fully saturated rings. The molecule has 0 aliphatic rings. The third-order valence-corrected chi connectivity index (χ3v) is 2.73. The van der Waals surface area contributed by atoms with Crippen LogP contribution in [0.5, 0.6) is 0 Å². The highest BCUT2D eigenvalue weighted by Gasteiger charge is 1.84. The van der Waals surface area contributed by atoms with E-state index in [4.69, 9.17) is 0 Å². The molecule has 4 aromatic rings. The van der Waals surface area contributed by atoms with Crippen molar-refractivity contribution in [1.82, 2.24) is 30.8 Å². The number of H-pyrrole nitrogens is 2. The number of nitrogens with zero attached hydrogens (tertiary/aromatic N) is 4. The third-order valence-electron chi connectivity index (χ3n) is 2.73. The fourth-order valence-electron chi connectivity index (χ4n) is 1.65. The summed E-state index contributed by atoms with van der Waals surface area (Å²) < 4.78 is 0. The molecule has 0 atom stereocenters. The average molecular weight is 318 g/mol. The minimum absolute atomic E-state index is 1.23. The fraction of sp³-hybridized carbons (Fsp3) is 0. The van der Waals surface area contributed by atoms with E-state index in [2.05, 4.69) is 67.2 Å². The summed E-state index contributed by atoms with van der Waals surface area (Å²) in [4.78, 5) is 0. The Morgan fingerprint density at radius 1 is 0.583 bits per heavy atom. The molecule has 2 aromatic carbocycles. The molecule has 4 rings (SSSR count). The van der Waals surface area contributed by atoms with Gasteiger partial charge in [0.15, 0.2) is 0 Å². The molecule has 2 aromatic heterocycles. The lowest BCUT2D eigenvalue weighted by Gasteiger charge is -1.92. The third kappa shape index (κ3) is 7.46. The van der Waals surface area contributed by atoms with E-state index < -0.39 is 0 Å². The van der Waals surface area contributed by atoms with Crippen molar-refractivity contribution in [2.45, 2.75) is 0 Å². The molecule has 0 radical (unpaired) electrons. The van der Waals surface area contributed by atoms with Gasteiger partial charge in [-0.05, 0) is 11.1 Å². The number of nitrogens with one attached hydrogen (secondary N) is 2. The van der Waals surface area contributed by atoms with Crippen molar-refractivity contribution in [3.8, 4) is 0 Å². The molecule has 0 aliphatic carbocycles. The fourth-order valence-corrected chi connectivity index (χ4v) is 1.65. The molecule has 0 saturated heterocycles. The molecule has 0 unspecified atom stereocenters. The van der Waals surface area contributed by atoms with Gasteiger partial charge < -0.3 is 0 Å². The van der Waals surface area contributed by atoms with Gasteiger partial charge in [-0.15, -0.1) is 10.2 Å². The van der Waals surface area contributed by atoms with Crippen molar-refractivity contribution < 1.29 is 0 Å². The van der Waals surface area contributed by atoms with Crippen LogP contribution < -0.4 is 0 Å². The summed E-state index contributed by atoms with van der Waals surface area (Å²) in [5.41, 5.74) is 2.47. The first-order valence-corrected chi connectivity index (χ1v) is 7.34. The zero-order chi connectivity index (χ0) is 16.7. The predicted molar refractivity (Wildman–Crippen MR) is 94.6 cm³/mol. The molecule has 0 aliphatic heterocycles. The first-order chi connectivity index (χ1) is 11.9. The summed E-state index contributed by atoms with van der Waals surface area (Å²) in [6.45, 7) is 0. The number of benzene rings is 2. The van der Waals surface area contributed by atoms with E-state index in [-0.39, 0.29) is 0 Å². The molecular formula is C18H18N6. The highest BCUT2D eigenvalue weighted by molar-refractivity contribution is 5.69. The van der Waals surface area contributed by atoms with Crippen LogP contribution in [0.3, 0.4) is 0 Å².